The molecule has 0 aromatic carbocycles. The molecule has 0 radical (unpaired) electrons. The first-order valence-electron chi connectivity index (χ1n) is 10.2. The van der Waals surface area contributed by atoms with Gasteiger partial charge in [0, 0.05) is 0 Å². The second kappa shape index (κ2) is 15.1. The number of aliphatic carboxylic acids is 1. The van der Waals surface area contributed by atoms with Crippen molar-refractivity contribution in [1.82, 2.24) is 16.0 Å². The Bertz CT molecular complexity index is 733. The number of carbonyl (C=O) groups excluding carboxylic acids is 5. The predicted molar refractivity (Wildman–Crippen MR) is 121 cm³/mol. The molecular formula is C19H34N6O7S. The Morgan fingerprint density at radius 1 is 0.818 bits per heavy atom. The minimum atomic E-state index is -1.56. The van der Waals surface area contributed by atoms with Gasteiger partial charge in [-0.2, -0.15) is 11.8 Å². The van der Waals surface area contributed by atoms with Crippen molar-refractivity contribution < 1.29 is 33.9 Å². The van der Waals surface area contributed by atoms with Gasteiger partial charge in [-0.1, -0.05) is 13.8 Å². The zero-order valence-corrected chi connectivity index (χ0v) is 19.8. The molecule has 0 aromatic rings. The minimum absolute atomic E-state index is 0.0660. The number of carboxylic acids is 1. The number of nitrogens with one attached hydrogen (secondary N) is 3. The third kappa shape index (κ3) is 12.7. The van der Waals surface area contributed by atoms with Gasteiger partial charge in [-0.15, -0.1) is 0 Å². The van der Waals surface area contributed by atoms with Crippen molar-refractivity contribution in [2.45, 2.75) is 63.7 Å². The molecule has 0 aliphatic carbocycles. The van der Waals surface area contributed by atoms with Crippen LogP contribution in [0.5, 0.6) is 0 Å². The van der Waals surface area contributed by atoms with Crippen molar-refractivity contribution in [3.8, 4) is 0 Å². The lowest BCUT2D eigenvalue weighted by Crippen LogP contribution is -2.57. The van der Waals surface area contributed by atoms with Gasteiger partial charge >= 0.3 is 5.97 Å². The summed E-state index contributed by atoms with van der Waals surface area (Å²) in [5, 5.41) is 16.4. The summed E-state index contributed by atoms with van der Waals surface area (Å²) in [5.74, 6) is -4.98. The van der Waals surface area contributed by atoms with E-state index in [0.717, 1.165) is 0 Å². The topological polar surface area (TPSA) is 237 Å². The molecule has 0 saturated carbocycles. The summed E-state index contributed by atoms with van der Waals surface area (Å²) in [4.78, 5) is 71.2. The van der Waals surface area contributed by atoms with Crippen LogP contribution in [-0.2, 0) is 28.8 Å². The first-order chi connectivity index (χ1) is 15.3. The molecule has 0 aromatic heterocycles. The molecule has 33 heavy (non-hydrogen) atoms. The molecule has 0 spiro atoms. The average Bonchev–Trinajstić information content (AvgIpc) is 2.68. The van der Waals surface area contributed by atoms with Gasteiger partial charge in [0.05, 0.1) is 18.9 Å². The molecule has 0 bridgehead atoms. The summed E-state index contributed by atoms with van der Waals surface area (Å²) < 4.78 is 0. The van der Waals surface area contributed by atoms with Gasteiger partial charge in [-0.05, 0) is 30.8 Å². The third-order valence-corrected chi connectivity index (χ3v) is 5.01. The molecule has 14 heteroatoms. The average molecular weight is 491 g/mol. The van der Waals surface area contributed by atoms with E-state index in [4.69, 9.17) is 17.2 Å². The van der Waals surface area contributed by atoms with Crippen molar-refractivity contribution in [3.63, 3.8) is 0 Å². The van der Waals surface area contributed by atoms with E-state index in [9.17, 15) is 33.9 Å². The number of hydrogen-bond donors (Lipinski definition) is 7. The van der Waals surface area contributed by atoms with Crippen LogP contribution in [0.1, 0.15) is 39.5 Å². The van der Waals surface area contributed by atoms with Gasteiger partial charge in [-0.25, -0.2) is 4.79 Å². The summed E-state index contributed by atoms with van der Waals surface area (Å²) in [7, 11) is 0. The molecule has 0 saturated heterocycles. The summed E-state index contributed by atoms with van der Waals surface area (Å²) in [6, 6.07) is -5.00. The second-order valence-electron chi connectivity index (χ2n) is 7.88. The summed E-state index contributed by atoms with van der Waals surface area (Å²) >= 11 is 1.42. The molecule has 10 N–H and O–H groups in total. The van der Waals surface area contributed by atoms with Crippen LogP contribution in [0.3, 0.4) is 0 Å². The van der Waals surface area contributed by atoms with E-state index in [-0.39, 0.29) is 18.8 Å². The van der Waals surface area contributed by atoms with E-state index in [1.807, 2.05) is 0 Å². The van der Waals surface area contributed by atoms with Gasteiger partial charge in [-0.3, -0.25) is 24.0 Å². The molecule has 5 amide bonds. The lowest BCUT2D eigenvalue weighted by atomic mass is 10.0. The Morgan fingerprint density at radius 2 is 1.30 bits per heavy atom. The summed E-state index contributed by atoms with van der Waals surface area (Å²) in [6.07, 6.45) is 1.14. The molecule has 0 fully saturated rings. The monoisotopic (exact) mass is 490 g/mol. The number of carbonyl (C=O) groups is 6. The maximum atomic E-state index is 12.9. The van der Waals surface area contributed by atoms with E-state index in [2.05, 4.69) is 16.0 Å². The van der Waals surface area contributed by atoms with Crippen LogP contribution in [0.2, 0.25) is 0 Å². The van der Waals surface area contributed by atoms with Gasteiger partial charge < -0.3 is 38.3 Å². The molecule has 4 atom stereocenters. The van der Waals surface area contributed by atoms with Gasteiger partial charge in [0.25, 0.3) is 0 Å². The number of hydrogen-bond acceptors (Lipinski definition) is 8. The Morgan fingerprint density at radius 3 is 1.76 bits per heavy atom. The number of nitrogens with two attached hydrogens (primary N) is 3. The van der Waals surface area contributed by atoms with Crippen LogP contribution in [0, 0.1) is 5.92 Å². The normalized spacial score (nSPS) is 14.5. The maximum Gasteiger partial charge on any atom is 0.326 e. The quantitative estimate of drug-likeness (QED) is 0.120. The van der Waals surface area contributed by atoms with Crippen molar-refractivity contribution in [2.24, 2.45) is 23.1 Å². The molecule has 188 valence electrons. The number of carboxylic acid groups (broad SMARTS) is 1. The molecule has 0 aliphatic heterocycles. The largest absolute Gasteiger partial charge is 0.480 e. The van der Waals surface area contributed by atoms with Crippen LogP contribution in [-0.4, -0.2) is 76.8 Å². The third-order valence-electron chi connectivity index (χ3n) is 4.36. The fourth-order valence-electron chi connectivity index (χ4n) is 2.74. The van der Waals surface area contributed by atoms with Crippen molar-refractivity contribution >= 4 is 47.3 Å². The highest BCUT2D eigenvalue weighted by Crippen LogP contribution is 2.08. The van der Waals surface area contributed by atoms with E-state index < -0.39 is 72.5 Å². The highest BCUT2D eigenvalue weighted by Gasteiger charge is 2.31. The molecule has 0 rings (SSSR count). The number of primary amides is 2. The maximum absolute atomic E-state index is 12.9. The van der Waals surface area contributed by atoms with Gasteiger partial charge in [0.15, 0.2) is 0 Å². The number of thioether (sulfide) groups is 1. The van der Waals surface area contributed by atoms with E-state index in [1.165, 1.54) is 11.8 Å². The van der Waals surface area contributed by atoms with E-state index in [1.54, 1.807) is 20.1 Å². The Balaban J connectivity index is 5.49. The summed E-state index contributed by atoms with van der Waals surface area (Å²) in [5.41, 5.74) is 15.7. The minimum Gasteiger partial charge on any atom is -0.480 e. The van der Waals surface area contributed by atoms with Gasteiger partial charge in [0.2, 0.25) is 29.5 Å². The lowest BCUT2D eigenvalue weighted by Gasteiger charge is -2.26. The zero-order valence-electron chi connectivity index (χ0n) is 19.0. The summed E-state index contributed by atoms with van der Waals surface area (Å²) in [6.45, 7) is 3.58. The Labute approximate surface area is 196 Å². The fraction of sp³-hybridized carbons (Fsp3) is 0.684. The molecule has 0 heterocycles. The smallest absolute Gasteiger partial charge is 0.326 e. The van der Waals surface area contributed by atoms with Crippen LogP contribution in [0.15, 0.2) is 0 Å². The standard InChI is InChI=1S/C19H34N6O7S/c1-9(2)6-12(18(30)25-13(19(31)32)8-15(22)27)24-17(29)11(4-5-33-3)23-16(28)10(20)7-14(21)26/h9-13H,4-8,20H2,1-3H3,(H2,21,26)(H2,22,27)(H,23,28)(H,24,29)(H,25,30)(H,31,32). The molecular weight excluding hydrogens is 456 g/mol. The highest BCUT2D eigenvalue weighted by molar-refractivity contribution is 7.98. The van der Waals surface area contributed by atoms with Crippen LogP contribution in [0.25, 0.3) is 0 Å². The SMILES string of the molecule is CSCCC(NC(=O)C(N)CC(N)=O)C(=O)NC(CC(C)C)C(=O)NC(CC(N)=O)C(=O)O. The zero-order chi connectivity index (χ0) is 25.7. The fourth-order valence-corrected chi connectivity index (χ4v) is 3.21. The Hall–Kier alpha value is -2.87. The van der Waals surface area contributed by atoms with Crippen LogP contribution in [0.4, 0.5) is 0 Å². The number of amides is 5. The van der Waals surface area contributed by atoms with E-state index in [0.29, 0.717) is 5.75 Å². The first-order valence-corrected chi connectivity index (χ1v) is 11.6. The van der Waals surface area contributed by atoms with Crippen molar-refractivity contribution in [2.75, 3.05) is 12.0 Å². The lowest BCUT2D eigenvalue weighted by molar-refractivity contribution is -0.143. The molecule has 13 nitrogen and oxygen atoms in total. The number of rotatable bonds is 16. The molecule has 0 aliphatic rings. The van der Waals surface area contributed by atoms with Crippen LogP contribution < -0.4 is 33.2 Å². The highest BCUT2D eigenvalue weighted by atomic mass is 32.2. The Kier molecular flexibility index (Phi) is 13.7. The van der Waals surface area contributed by atoms with Crippen LogP contribution >= 0.6 is 11.8 Å². The second-order valence-corrected chi connectivity index (χ2v) is 8.87. The van der Waals surface area contributed by atoms with Gasteiger partial charge in [0.1, 0.15) is 18.1 Å². The van der Waals surface area contributed by atoms with Crippen molar-refractivity contribution in [1.29, 1.82) is 0 Å². The first kappa shape index (κ1) is 30.1. The van der Waals surface area contributed by atoms with Crippen molar-refractivity contribution in [3.05, 3.63) is 0 Å². The predicted octanol–water partition coefficient (Wildman–Crippen LogP) is -2.60. The van der Waals surface area contributed by atoms with E-state index >= 15 is 0 Å². The molecule has 4 unspecified atom stereocenters.